The number of rotatable bonds is 2. The predicted molar refractivity (Wildman–Crippen MR) is 58.9 cm³/mol. The number of benzene rings is 1. The highest BCUT2D eigenvalue weighted by Crippen LogP contribution is 2.26. The Bertz CT molecular complexity index is 452. The molecule has 1 N–H and O–H groups in total. The first-order chi connectivity index (χ1) is 7.75. The van der Waals surface area contributed by atoms with E-state index in [-0.39, 0.29) is 17.9 Å². The van der Waals surface area contributed by atoms with E-state index in [1.807, 2.05) is 13.0 Å². The Labute approximate surface area is 93.5 Å². The minimum atomic E-state index is 0.122. The van der Waals surface area contributed by atoms with Crippen LogP contribution in [0.3, 0.4) is 0 Å². The highest BCUT2D eigenvalue weighted by atomic mass is 16.6. The van der Waals surface area contributed by atoms with Gasteiger partial charge in [0.15, 0.2) is 0 Å². The van der Waals surface area contributed by atoms with Crippen molar-refractivity contribution in [2.75, 3.05) is 13.2 Å². The summed E-state index contributed by atoms with van der Waals surface area (Å²) >= 11 is 0. The number of aliphatic imine (C=N–C) groups is 1. The van der Waals surface area contributed by atoms with Crippen LogP contribution >= 0.6 is 0 Å². The zero-order valence-electron chi connectivity index (χ0n) is 9.01. The minimum Gasteiger partial charge on any atom is -0.508 e. The Balaban J connectivity index is 1.92. The number of hydrogen-bond donors (Lipinski definition) is 1. The monoisotopic (exact) mass is 219 g/mol. The summed E-state index contributed by atoms with van der Waals surface area (Å²) in [6.07, 6.45) is 0.232. The smallest absolute Gasteiger partial charge is 0.217 e. The van der Waals surface area contributed by atoms with Crippen LogP contribution in [0, 0.1) is 6.92 Å². The maximum atomic E-state index is 9.61. The van der Waals surface area contributed by atoms with Gasteiger partial charge in [-0.15, -0.1) is 0 Å². The Hall–Kier alpha value is -1.55. The van der Waals surface area contributed by atoms with E-state index in [1.165, 1.54) is 0 Å². The summed E-state index contributed by atoms with van der Waals surface area (Å²) in [5.74, 6) is 0.892. The zero-order chi connectivity index (χ0) is 11.1. The van der Waals surface area contributed by atoms with Crippen molar-refractivity contribution in [2.24, 2.45) is 4.99 Å². The van der Waals surface area contributed by atoms with Crippen LogP contribution < -0.4 is 0 Å². The molecule has 0 spiro atoms. The van der Waals surface area contributed by atoms with Gasteiger partial charge in [0.05, 0.1) is 6.61 Å². The van der Waals surface area contributed by atoms with Gasteiger partial charge < -0.3 is 14.6 Å². The van der Waals surface area contributed by atoms with Crippen molar-refractivity contribution in [1.82, 2.24) is 0 Å². The lowest BCUT2D eigenvalue weighted by Gasteiger charge is -2.06. The van der Waals surface area contributed by atoms with Crippen LogP contribution in [-0.4, -0.2) is 36.4 Å². The number of epoxide rings is 1. The first-order valence-electron chi connectivity index (χ1n) is 5.37. The molecule has 1 unspecified atom stereocenters. The molecule has 0 bridgehead atoms. The summed E-state index contributed by atoms with van der Waals surface area (Å²) in [6, 6.07) is 5.49. The van der Waals surface area contributed by atoms with E-state index in [1.54, 1.807) is 12.1 Å². The molecule has 16 heavy (non-hydrogen) atoms. The second kappa shape index (κ2) is 3.49. The highest BCUT2D eigenvalue weighted by Gasteiger charge is 2.37. The van der Waals surface area contributed by atoms with E-state index in [2.05, 4.69) is 4.99 Å². The fourth-order valence-electron chi connectivity index (χ4n) is 1.86. The molecule has 0 radical (unpaired) electrons. The number of ether oxygens (including phenoxy) is 2. The summed E-state index contributed by atoms with van der Waals surface area (Å²) in [6.45, 7) is 3.22. The molecule has 3 rings (SSSR count). The highest BCUT2D eigenvalue weighted by molar-refractivity contribution is 5.97. The second-order valence-corrected chi connectivity index (χ2v) is 4.13. The van der Waals surface area contributed by atoms with Gasteiger partial charge >= 0.3 is 0 Å². The molecule has 1 aromatic rings. The Morgan fingerprint density at radius 3 is 2.94 bits per heavy atom. The molecule has 2 atom stereocenters. The molecular weight excluding hydrogens is 206 g/mol. The van der Waals surface area contributed by atoms with Crippen LogP contribution in [0.25, 0.3) is 0 Å². The Morgan fingerprint density at radius 2 is 2.19 bits per heavy atom. The van der Waals surface area contributed by atoms with Crippen LogP contribution in [0.5, 0.6) is 5.75 Å². The fourth-order valence-corrected chi connectivity index (χ4v) is 1.86. The van der Waals surface area contributed by atoms with Crippen molar-refractivity contribution in [1.29, 1.82) is 0 Å². The summed E-state index contributed by atoms with van der Waals surface area (Å²) < 4.78 is 10.7. The lowest BCUT2D eigenvalue weighted by molar-refractivity contribution is 0.284. The largest absolute Gasteiger partial charge is 0.508 e. The molecule has 0 saturated carbocycles. The topological polar surface area (TPSA) is 54.4 Å². The van der Waals surface area contributed by atoms with Crippen molar-refractivity contribution in [3.05, 3.63) is 29.3 Å². The van der Waals surface area contributed by atoms with Gasteiger partial charge in [-0.25, -0.2) is 4.99 Å². The van der Waals surface area contributed by atoms with E-state index >= 15 is 0 Å². The summed E-state index contributed by atoms with van der Waals surface area (Å²) in [5, 5.41) is 9.61. The van der Waals surface area contributed by atoms with Crippen molar-refractivity contribution < 1.29 is 14.6 Å². The number of nitrogens with zero attached hydrogens (tertiary/aromatic N) is 1. The number of hydrogen-bond acceptors (Lipinski definition) is 4. The summed E-state index contributed by atoms with van der Waals surface area (Å²) in [7, 11) is 0. The van der Waals surface area contributed by atoms with Crippen molar-refractivity contribution in [3.8, 4) is 5.75 Å². The van der Waals surface area contributed by atoms with Crippen LogP contribution in [0.1, 0.15) is 11.1 Å². The standard InChI is InChI=1S/C12H13NO3/c1-7-8(3-2-4-10(7)14)12-13-9(5-16-12)11-6-15-11/h2-4,9,11,14H,5-6H2,1H3/t9?,11-/m1/s1. The molecule has 2 heterocycles. The molecule has 4 heteroatoms. The third kappa shape index (κ3) is 1.55. The van der Waals surface area contributed by atoms with Gasteiger partial charge in [0.2, 0.25) is 5.90 Å². The van der Waals surface area contributed by atoms with Crippen LogP contribution in [0.2, 0.25) is 0 Å². The number of phenolic OH excluding ortho intramolecular Hbond substituents is 1. The third-order valence-electron chi connectivity index (χ3n) is 3.00. The number of aromatic hydroxyl groups is 1. The molecule has 1 aromatic carbocycles. The second-order valence-electron chi connectivity index (χ2n) is 4.13. The zero-order valence-corrected chi connectivity index (χ0v) is 9.01. The van der Waals surface area contributed by atoms with Gasteiger partial charge in [0.25, 0.3) is 0 Å². The molecule has 0 amide bonds. The van der Waals surface area contributed by atoms with E-state index in [4.69, 9.17) is 9.47 Å². The average molecular weight is 219 g/mol. The molecular formula is C12H13NO3. The maximum absolute atomic E-state index is 9.61. The molecule has 1 fully saturated rings. The fraction of sp³-hybridized carbons (Fsp3) is 0.417. The molecule has 84 valence electrons. The van der Waals surface area contributed by atoms with E-state index < -0.39 is 0 Å². The minimum absolute atomic E-state index is 0.122. The van der Waals surface area contributed by atoms with Gasteiger partial charge in [-0.2, -0.15) is 0 Å². The van der Waals surface area contributed by atoms with E-state index in [0.29, 0.717) is 12.5 Å². The average Bonchev–Trinajstić information content (AvgIpc) is 3.02. The quantitative estimate of drug-likeness (QED) is 0.761. The lowest BCUT2D eigenvalue weighted by Crippen LogP contribution is -2.13. The molecule has 2 aliphatic heterocycles. The van der Waals surface area contributed by atoms with Crippen molar-refractivity contribution in [3.63, 3.8) is 0 Å². The summed E-state index contributed by atoms with van der Waals surface area (Å²) in [5.41, 5.74) is 1.67. The summed E-state index contributed by atoms with van der Waals surface area (Å²) in [4.78, 5) is 4.48. The molecule has 0 aliphatic carbocycles. The first-order valence-corrected chi connectivity index (χ1v) is 5.37. The third-order valence-corrected chi connectivity index (χ3v) is 3.00. The Kier molecular flexibility index (Phi) is 2.11. The Morgan fingerprint density at radius 1 is 1.38 bits per heavy atom. The first kappa shape index (κ1) is 9.66. The van der Waals surface area contributed by atoms with E-state index in [9.17, 15) is 5.11 Å². The molecule has 0 aromatic heterocycles. The lowest BCUT2D eigenvalue weighted by atomic mass is 10.1. The van der Waals surface area contributed by atoms with Gasteiger partial charge in [-0.1, -0.05) is 6.07 Å². The molecule has 2 aliphatic rings. The van der Waals surface area contributed by atoms with Crippen LogP contribution in [0.15, 0.2) is 23.2 Å². The maximum Gasteiger partial charge on any atom is 0.217 e. The van der Waals surface area contributed by atoms with Crippen molar-refractivity contribution >= 4 is 5.90 Å². The SMILES string of the molecule is Cc1c(O)cccc1C1=NC([C@H]2CO2)CO1. The molecule has 4 nitrogen and oxygen atoms in total. The van der Waals surface area contributed by atoms with Gasteiger partial charge in [-0.05, 0) is 19.1 Å². The van der Waals surface area contributed by atoms with Gasteiger partial charge in [0.1, 0.15) is 24.5 Å². The van der Waals surface area contributed by atoms with Crippen LogP contribution in [0.4, 0.5) is 0 Å². The van der Waals surface area contributed by atoms with E-state index in [0.717, 1.165) is 17.7 Å². The normalized spacial score (nSPS) is 27.4. The van der Waals surface area contributed by atoms with Gasteiger partial charge in [-0.3, -0.25) is 0 Å². The van der Waals surface area contributed by atoms with Crippen molar-refractivity contribution in [2.45, 2.75) is 19.1 Å². The number of phenols is 1. The molecule has 1 saturated heterocycles. The van der Waals surface area contributed by atoms with Gasteiger partial charge in [0, 0.05) is 11.1 Å². The predicted octanol–water partition coefficient (Wildman–Crippen LogP) is 1.24. The van der Waals surface area contributed by atoms with Crippen LogP contribution in [-0.2, 0) is 9.47 Å².